The van der Waals surface area contributed by atoms with E-state index in [-0.39, 0.29) is 0 Å². The molecule has 0 aliphatic carbocycles. The van der Waals surface area contributed by atoms with Crippen LogP contribution in [-0.4, -0.2) is 9.97 Å². The highest BCUT2D eigenvalue weighted by atomic mass is 16.3. The molecule has 0 unspecified atom stereocenters. The predicted molar refractivity (Wildman–Crippen MR) is 207 cm³/mol. The zero-order valence-electron chi connectivity index (χ0n) is 27.5. The van der Waals surface area contributed by atoms with Gasteiger partial charge in [-0.3, -0.25) is 0 Å². The molecule has 3 nitrogen and oxygen atoms in total. The van der Waals surface area contributed by atoms with Gasteiger partial charge in [-0.25, -0.2) is 9.97 Å². The topological polar surface area (TPSA) is 38.9 Å². The van der Waals surface area contributed by atoms with Crippen molar-refractivity contribution in [3.05, 3.63) is 181 Å². The Morgan fingerprint density at radius 3 is 1.42 bits per heavy atom. The van der Waals surface area contributed by atoms with Crippen LogP contribution in [0.25, 0.3) is 89.2 Å². The van der Waals surface area contributed by atoms with Crippen molar-refractivity contribution >= 4 is 21.9 Å². The Kier molecular flexibility index (Phi) is 7.37. The molecule has 0 saturated carbocycles. The molecule has 50 heavy (non-hydrogen) atoms. The molecule has 0 aliphatic heterocycles. The Morgan fingerprint density at radius 1 is 0.360 bits per heavy atom. The van der Waals surface area contributed by atoms with Crippen LogP contribution in [-0.2, 0) is 0 Å². The van der Waals surface area contributed by atoms with E-state index in [1.807, 2.05) is 30.3 Å². The molecule has 0 saturated heterocycles. The fourth-order valence-corrected chi connectivity index (χ4v) is 6.86. The second-order valence-electron chi connectivity index (χ2n) is 12.6. The van der Waals surface area contributed by atoms with Crippen LogP contribution in [0.15, 0.2) is 180 Å². The Bertz CT molecular complexity index is 2610. The molecule has 0 fully saturated rings. The van der Waals surface area contributed by atoms with E-state index in [0.29, 0.717) is 0 Å². The summed E-state index contributed by atoms with van der Waals surface area (Å²) < 4.78 is 6.77. The fraction of sp³-hybridized carbons (Fsp3) is 0.0213. The Balaban J connectivity index is 1.34. The van der Waals surface area contributed by atoms with Crippen LogP contribution in [0.4, 0.5) is 0 Å². The first-order chi connectivity index (χ1) is 24.7. The number of hydrogen-bond donors (Lipinski definition) is 0. The molecular formula is C47H32N2O. The van der Waals surface area contributed by atoms with Crippen LogP contribution in [0.5, 0.6) is 0 Å². The van der Waals surface area contributed by atoms with Gasteiger partial charge in [0.1, 0.15) is 16.9 Å². The van der Waals surface area contributed by atoms with Gasteiger partial charge in [-0.1, -0.05) is 169 Å². The van der Waals surface area contributed by atoms with Gasteiger partial charge >= 0.3 is 0 Å². The van der Waals surface area contributed by atoms with Crippen LogP contribution < -0.4 is 0 Å². The lowest BCUT2D eigenvalue weighted by molar-refractivity contribution is 0.670. The molecule has 7 aromatic carbocycles. The van der Waals surface area contributed by atoms with Gasteiger partial charge in [-0.2, -0.15) is 0 Å². The van der Waals surface area contributed by atoms with Crippen molar-refractivity contribution in [2.75, 3.05) is 0 Å². The van der Waals surface area contributed by atoms with E-state index in [2.05, 4.69) is 153 Å². The van der Waals surface area contributed by atoms with E-state index in [1.54, 1.807) is 0 Å². The monoisotopic (exact) mass is 640 g/mol. The summed E-state index contributed by atoms with van der Waals surface area (Å²) in [5.74, 6) is 0. The summed E-state index contributed by atoms with van der Waals surface area (Å²) in [7, 11) is 0. The van der Waals surface area contributed by atoms with Gasteiger partial charge in [0, 0.05) is 33.0 Å². The lowest BCUT2D eigenvalue weighted by atomic mass is 9.93. The third-order valence-corrected chi connectivity index (χ3v) is 9.40. The number of rotatable bonds is 6. The van der Waals surface area contributed by atoms with Crippen molar-refractivity contribution < 1.29 is 4.42 Å². The standard InChI is InChI=1S/C47H32N2O/c1-31-21-23-32(24-22-31)33-25-27-37(28-26-33)45-46(49-44(36-17-9-4-10-18-36)43(48-45)35-15-7-3-8-16-35)40-30-29-38(34-13-5-2-6-14-34)42-39-19-11-12-20-41(39)50-47(40)42/h2-30H,1H3. The van der Waals surface area contributed by atoms with Crippen molar-refractivity contribution in [1.82, 2.24) is 9.97 Å². The maximum absolute atomic E-state index is 6.77. The molecule has 2 heterocycles. The summed E-state index contributed by atoms with van der Waals surface area (Å²) >= 11 is 0. The number of benzene rings is 7. The number of fused-ring (bicyclic) bond motifs is 3. The van der Waals surface area contributed by atoms with Crippen LogP contribution in [0.2, 0.25) is 0 Å². The first-order valence-electron chi connectivity index (χ1n) is 16.9. The van der Waals surface area contributed by atoms with Crippen molar-refractivity contribution in [3.8, 4) is 67.3 Å². The minimum Gasteiger partial charge on any atom is -0.455 e. The molecule has 0 bridgehead atoms. The average Bonchev–Trinajstić information content (AvgIpc) is 3.58. The lowest BCUT2D eigenvalue weighted by Crippen LogP contribution is -2.01. The molecule has 0 radical (unpaired) electrons. The number of aryl methyl sites for hydroxylation is 1. The molecule has 3 heteroatoms. The normalized spacial score (nSPS) is 11.3. The minimum atomic E-state index is 0.773. The van der Waals surface area contributed by atoms with E-state index in [1.165, 1.54) is 11.1 Å². The Morgan fingerprint density at radius 2 is 0.800 bits per heavy atom. The van der Waals surface area contributed by atoms with Gasteiger partial charge < -0.3 is 4.42 Å². The molecule has 9 aromatic rings. The quantitative estimate of drug-likeness (QED) is 0.182. The molecule has 236 valence electrons. The second-order valence-corrected chi connectivity index (χ2v) is 12.6. The zero-order valence-corrected chi connectivity index (χ0v) is 27.5. The van der Waals surface area contributed by atoms with Gasteiger partial charge in [0.2, 0.25) is 0 Å². The van der Waals surface area contributed by atoms with E-state index >= 15 is 0 Å². The number of para-hydroxylation sites is 1. The molecule has 0 spiro atoms. The summed E-state index contributed by atoms with van der Waals surface area (Å²) in [6.07, 6.45) is 0. The van der Waals surface area contributed by atoms with Gasteiger partial charge in [0.25, 0.3) is 0 Å². The Labute approximate surface area is 291 Å². The van der Waals surface area contributed by atoms with Crippen molar-refractivity contribution in [3.63, 3.8) is 0 Å². The maximum Gasteiger partial charge on any atom is 0.145 e. The van der Waals surface area contributed by atoms with Gasteiger partial charge in [0.15, 0.2) is 0 Å². The third-order valence-electron chi connectivity index (χ3n) is 9.40. The maximum atomic E-state index is 6.77. The second kappa shape index (κ2) is 12.5. The summed E-state index contributed by atoms with van der Waals surface area (Å²) in [5, 5.41) is 2.14. The number of hydrogen-bond acceptors (Lipinski definition) is 3. The smallest absolute Gasteiger partial charge is 0.145 e. The SMILES string of the molecule is Cc1ccc(-c2ccc(-c3nc(-c4ccccc4)c(-c4ccccc4)nc3-c3ccc(-c4ccccc4)c4c3oc3ccccc34)cc2)cc1. The first kappa shape index (κ1) is 29.6. The minimum absolute atomic E-state index is 0.773. The molecule has 2 aromatic heterocycles. The molecule has 9 rings (SSSR count). The van der Waals surface area contributed by atoms with E-state index < -0.39 is 0 Å². The average molecular weight is 641 g/mol. The van der Waals surface area contributed by atoms with Crippen molar-refractivity contribution in [1.29, 1.82) is 0 Å². The highest BCUT2D eigenvalue weighted by Crippen LogP contribution is 2.45. The highest BCUT2D eigenvalue weighted by Gasteiger charge is 2.24. The molecule has 0 amide bonds. The summed E-state index contributed by atoms with van der Waals surface area (Å²) in [6.45, 7) is 2.11. The molecular weight excluding hydrogens is 609 g/mol. The van der Waals surface area contributed by atoms with Crippen LogP contribution in [0, 0.1) is 6.92 Å². The third kappa shape index (κ3) is 5.26. The Hall–Kier alpha value is -6.58. The number of aromatic nitrogens is 2. The number of furan rings is 1. The lowest BCUT2D eigenvalue weighted by Gasteiger charge is -2.17. The molecule has 0 aliphatic rings. The summed E-state index contributed by atoms with van der Waals surface area (Å²) in [4.78, 5) is 11.1. The highest BCUT2D eigenvalue weighted by molar-refractivity contribution is 6.16. The predicted octanol–water partition coefficient (Wildman–Crippen LogP) is 12.7. The molecule has 0 atom stereocenters. The first-order valence-corrected chi connectivity index (χ1v) is 16.9. The summed E-state index contributed by atoms with van der Waals surface area (Å²) in [6, 6.07) is 61.1. The van der Waals surface area contributed by atoms with Crippen molar-refractivity contribution in [2.45, 2.75) is 6.92 Å². The van der Waals surface area contributed by atoms with Crippen LogP contribution >= 0.6 is 0 Å². The van der Waals surface area contributed by atoms with E-state index in [9.17, 15) is 0 Å². The van der Waals surface area contributed by atoms with E-state index in [4.69, 9.17) is 14.4 Å². The van der Waals surface area contributed by atoms with Crippen LogP contribution in [0.1, 0.15) is 5.56 Å². The summed E-state index contributed by atoms with van der Waals surface area (Å²) in [5.41, 5.74) is 14.6. The van der Waals surface area contributed by atoms with Gasteiger partial charge in [-0.05, 0) is 41.3 Å². The molecule has 0 N–H and O–H groups in total. The van der Waals surface area contributed by atoms with Gasteiger partial charge in [0.05, 0.1) is 17.1 Å². The fourth-order valence-electron chi connectivity index (χ4n) is 6.86. The zero-order chi connectivity index (χ0) is 33.4. The number of nitrogens with zero attached hydrogens (tertiary/aromatic N) is 2. The largest absolute Gasteiger partial charge is 0.455 e. The van der Waals surface area contributed by atoms with Crippen LogP contribution in [0.3, 0.4) is 0 Å². The van der Waals surface area contributed by atoms with E-state index in [0.717, 1.165) is 83.7 Å². The van der Waals surface area contributed by atoms with Gasteiger partial charge in [-0.15, -0.1) is 0 Å². The van der Waals surface area contributed by atoms with Crippen molar-refractivity contribution in [2.24, 2.45) is 0 Å².